The molecular weight excluding hydrogens is 244 g/mol. The second-order valence-electron chi connectivity index (χ2n) is 5.00. The Bertz CT molecular complexity index is 415. The molecular formula is C13H24N4O2. The highest BCUT2D eigenvalue weighted by atomic mass is 16.3. The van der Waals surface area contributed by atoms with Gasteiger partial charge >= 0.3 is 6.03 Å². The van der Waals surface area contributed by atoms with Crippen LogP contribution in [0.1, 0.15) is 32.0 Å². The number of aliphatic hydroxyl groups excluding tert-OH is 1. The van der Waals surface area contributed by atoms with Crippen LogP contribution in [0.2, 0.25) is 0 Å². The predicted molar refractivity (Wildman–Crippen MR) is 73.7 cm³/mol. The Morgan fingerprint density at radius 1 is 1.47 bits per heavy atom. The molecule has 3 N–H and O–H groups in total. The van der Waals surface area contributed by atoms with Gasteiger partial charge in [0.25, 0.3) is 0 Å². The summed E-state index contributed by atoms with van der Waals surface area (Å²) >= 11 is 0. The molecule has 1 aromatic rings. The molecule has 19 heavy (non-hydrogen) atoms. The number of carbonyl (C=O) groups is 1. The van der Waals surface area contributed by atoms with E-state index in [4.69, 9.17) is 0 Å². The highest BCUT2D eigenvalue weighted by Gasteiger charge is 2.11. The zero-order valence-corrected chi connectivity index (χ0v) is 12.1. The van der Waals surface area contributed by atoms with Gasteiger partial charge in [0.15, 0.2) is 0 Å². The number of nitrogens with one attached hydrogen (secondary N) is 2. The summed E-state index contributed by atoms with van der Waals surface area (Å²) < 4.78 is 1.75. The quantitative estimate of drug-likeness (QED) is 0.714. The van der Waals surface area contributed by atoms with Gasteiger partial charge in [-0.3, -0.25) is 4.68 Å². The molecule has 6 nitrogen and oxygen atoms in total. The average Bonchev–Trinajstić information content (AvgIpc) is 2.73. The van der Waals surface area contributed by atoms with Gasteiger partial charge in [-0.25, -0.2) is 4.79 Å². The molecule has 0 radical (unpaired) electrons. The fourth-order valence-corrected chi connectivity index (χ4v) is 1.70. The van der Waals surface area contributed by atoms with Gasteiger partial charge in [-0.05, 0) is 12.3 Å². The van der Waals surface area contributed by atoms with Crippen LogP contribution in [0.25, 0.3) is 0 Å². The summed E-state index contributed by atoms with van der Waals surface area (Å²) in [5.41, 5.74) is 2.01. The van der Waals surface area contributed by atoms with Crippen LogP contribution in [-0.4, -0.2) is 33.6 Å². The van der Waals surface area contributed by atoms with Crippen molar-refractivity contribution in [2.75, 3.05) is 6.54 Å². The third-order valence-electron chi connectivity index (χ3n) is 3.01. The highest BCUT2D eigenvalue weighted by molar-refractivity contribution is 5.73. The standard InChI is InChI=1S/C13H24N4O2/c1-5-11-10(8-17(4)16-11)6-14-13(19)15-7-12(18)9(2)3/h8-9,12,18H,5-7H2,1-4H3,(H2,14,15,19). The van der Waals surface area contributed by atoms with Crippen LogP contribution in [0.4, 0.5) is 4.79 Å². The van der Waals surface area contributed by atoms with E-state index in [9.17, 15) is 9.90 Å². The SMILES string of the molecule is CCc1nn(C)cc1CNC(=O)NCC(O)C(C)C. The summed E-state index contributed by atoms with van der Waals surface area (Å²) in [4.78, 5) is 11.6. The molecule has 1 heterocycles. The minimum Gasteiger partial charge on any atom is -0.391 e. The molecule has 0 aliphatic carbocycles. The van der Waals surface area contributed by atoms with E-state index in [1.807, 2.05) is 34.0 Å². The van der Waals surface area contributed by atoms with E-state index in [-0.39, 0.29) is 18.5 Å². The lowest BCUT2D eigenvalue weighted by Gasteiger charge is -2.15. The summed E-state index contributed by atoms with van der Waals surface area (Å²) in [5, 5.41) is 19.3. The minimum atomic E-state index is -0.518. The number of carbonyl (C=O) groups excluding carboxylic acids is 1. The van der Waals surface area contributed by atoms with Crippen molar-refractivity contribution in [3.63, 3.8) is 0 Å². The van der Waals surface area contributed by atoms with Gasteiger partial charge < -0.3 is 15.7 Å². The van der Waals surface area contributed by atoms with E-state index < -0.39 is 6.10 Å². The Hall–Kier alpha value is -1.56. The second kappa shape index (κ2) is 7.13. The van der Waals surface area contributed by atoms with Crippen LogP contribution in [0, 0.1) is 5.92 Å². The van der Waals surface area contributed by atoms with Crippen molar-refractivity contribution >= 4 is 6.03 Å². The Morgan fingerprint density at radius 2 is 2.16 bits per heavy atom. The van der Waals surface area contributed by atoms with Gasteiger partial charge in [-0.15, -0.1) is 0 Å². The fraction of sp³-hybridized carbons (Fsp3) is 0.692. The number of hydrogen-bond acceptors (Lipinski definition) is 3. The lowest BCUT2D eigenvalue weighted by Crippen LogP contribution is -2.40. The lowest BCUT2D eigenvalue weighted by atomic mass is 10.1. The molecule has 0 saturated heterocycles. The van der Waals surface area contributed by atoms with Gasteiger partial charge in [0.2, 0.25) is 0 Å². The Labute approximate surface area is 114 Å². The first kappa shape index (κ1) is 15.5. The van der Waals surface area contributed by atoms with Crippen LogP contribution in [0.15, 0.2) is 6.20 Å². The first-order valence-electron chi connectivity index (χ1n) is 6.65. The Kier molecular flexibility index (Phi) is 5.82. The third-order valence-corrected chi connectivity index (χ3v) is 3.01. The van der Waals surface area contributed by atoms with E-state index in [1.165, 1.54) is 0 Å². The summed E-state index contributed by atoms with van der Waals surface area (Å²) in [5.74, 6) is 0.130. The van der Waals surface area contributed by atoms with Gasteiger partial charge in [0, 0.05) is 31.9 Å². The topological polar surface area (TPSA) is 79.2 Å². The van der Waals surface area contributed by atoms with E-state index >= 15 is 0 Å². The zero-order chi connectivity index (χ0) is 14.4. The molecule has 2 amide bonds. The number of nitrogens with zero attached hydrogens (tertiary/aromatic N) is 2. The number of rotatable bonds is 6. The molecule has 0 fully saturated rings. The monoisotopic (exact) mass is 268 g/mol. The van der Waals surface area contributed by atoms with Gasteiger partial charge in [0.1, 0.15) is 0 Å². The van der Waals surface area contributed by atoms with Crippen LogP contribution >= 0.6 is 0 Å². The smallest absolute Gasteiger partial charge is 0.315 e. The number of urea groups is 1. The molecule has 0 aromatic carbocycles. The van der Waals surface area contributed by atoms with Crippen LogP contribution in [-0.2, 0) is 20.0 Å². The van der Waals surface area contributed by atoms with Crippen LogP contribution in [0.3, 0.4) is 0 Å². The van der Waals surface area contributed by atoms with E-state index in [2.05, 4.69) is 15.7 Å². The molecule has 0 spiro atoms. The molecule has 1 aromatic heterocycles. The molecule has 0 aliphatic rings. The van der Waals surface area contributed by atoms with Crippen molar-refractivity contribution in [3.8, 4) is 0 Å². The molecule has 1 rings (SSSR count). The molecule has 1 unspecified atom stereocenters. The van der Waals surface area contributed by atoms with Crippen LogP contribution < -0.4 is 10.6 Å². The molecule has 0 bridgehead atoms. The minimum absolute atomic E-state index is 0.130. The summed E-state index contributed by atoms with van der Waals surface area (Å²) in [6.45, 7) is 6.56. The maximum Gasteiger partial charge on any atom is 0.315 e. The van der Waals surface area contributed by atoms with Gasteiger partial charge in [0.05, 0.1) is 11.8 Å². The normalized spacial score (nSPS) is 12.5. The van der Waals surface area contributed by atoms with Gasteiger partial charge in [-0.1, -0.05) is 20.8 Å². The second-order valence-corrected chi connectivity index (χ2v) is 5.00. The average molecular weight is 268 g/mol. The number of hydrogen-bond donors (Lipinski definition) is 3. The zero-order valence-electron chi connectivity index (χ0n) is 12.1. The molecule has 0 aliphatic heterocycles. The van der Waals surface area contributed by atoms with Crippen molar-refractivity contribution < 1.29 is 9.90 Å². The number of aliphatic hydroxyl groups is 1. The lowest BCUT2D eigenvalue weighted by molar-refractivity contribution is 0.125. The first-order chi connectivity index (χ1) is 8.93. The Balaban J connectivity index is 2.37. The number of aryl methyl sites for hydroxylation is 2. The van der Waals surface area contributed by atoms with Crippen LogP contribution in [0.5, 0.6) is 0 Å². The summed E-state index contributed by atoms with van der Waals surface area (Å²) in [6, 6.07) is -0.273. The van der Waals surface area contributed by atoms with Crippen molar-refractivity contribution in [1.29, 1.82) is 0 Å². The molecule has 0 saturated carbocycles. The third kappa shape index (κ3) is 4.90. The number of amides is 2. The number of aromatic nitrogens is 2. The highest BCUT2D eigenvalue weighted by Crippen LogP contribution is 2.06. The Morgan fingerprint density at radius 3 is 2.74 bits per heavy atom. The first-order valence-corrected chi connectivity index (χ1v) is 6.65. The summed E-state index contributed by atoms with van der Waals surface area (Å²) in [7, 11) is 1.86. The van der Waals surface area contributed by atoms with Crippen molar-refractivity contribution in [1.82, 2.24) is 20.4 Å². The molecule has 6 heteroatoms. The van der Waals surface area contributed by atoms with E-state index in [1.54, 1.807) is 4.68 Å². The van der Waals surface area contributed by atoms with Crippen molar-refractivity contribution in [2.45, 2.75) is 39.8 Å². The van der Waals surface area contributed by atoms with E-state index in [0.717, 1.165) is 17.7 Å². The van der Waals surface area contributed by atoms with E-state index in [0.29, 0.717) is 6.54 Å². The largest absolute Gasteiger partial charge is 0.391 e. The maximum atomic E-state index is 11.6. The fourth-order valence-electron chi connectivity index (χ4n) is 1.70. The van der Waals surface area contributed by atoms with Crippen molar-refractivity contribution in [2.24, 2.45) is 13.0 Å². The predicted octanol–water partition coefficient (Wildman–Crippen LogP) is 0.799. The van der Waals surface area contributed by atoms with Gasteiger partial charge in [-0.2, -0.15) is 5.10 Å². The molecule has 1 atom stereocenters. The van der Waals surface area contributed by atoms with Crippen molar-refractivity contribution in [3.05, 3.63) is 17.5 Å². The maximum absolute atomic E-state index is 11.6. The molecule has 108 valence electrons. The summed E-state index contributed by atoms with van der Waals surface area (Å²) in [6.07, 6.45) is 2.23.